The summed E-state index contributed by atoms with van der Waals surface area (Å²) < 4.78 is 37.5. The summed E-state index contributed by atoms with van der Waals surface area (Å²) in [5.41, 5.74) is 2.38. The van der Waals surface area contributed by atoms with Crippen molar-refractivity contribution in [3.05, 3.63) is 65.7 Å². The van der Waals surface area contributed by atoms with Crippen LogP contribution in [0.25, 0.3) is 0 Å². The molecule has 0 saturated carbocycles. The number of nitrogens with one attached hydrogen (secondary N) is 1. The summed E-state index contributed by atoms with van der Waals surface area (Å²) >= 11 is 0. The van der Waals surface area contributed by atoms with E-state index in [0.29, 0.717) is 19.7 Å². The van der Waals surface area contributed by atoms with Crippen LogP contribution in [-0.4, -0.2) is 41.5 Å². The standard InChI is InChI=1S/C18H21NO3.C2HF3O2/c20-18(21)10-12-19-14-16-6-8-17(9-7-16)22-13-11-15-4-2-1-3-5-15;3-2(4,5)1(6)7/h1-9,19H,10-14H2,(H,20,21);(H,6,7). The zero-order chi connectivity index (χ0) is 21.7. The van der Waals surface area contributed by atoms with Gasteiger partial charge < -0.3 is 20.3 Å². The topological polar surface area (TPSA) is 95.9 Å². The molecule has 0 aliphatic carbocycles. The Labute approximate surface area is 165 Å². The number of alkyl halides is 3. The van der Waals surface area contributed by atoms with Crippen molar-refractivity contribution in [1.82, 2.24) is 5.32 Å². The first-order valence-electron chi connectivity index (χ1n) is 8.67. The van der Waals surface area contributed by atoms with Crippen LogP contribution in [0.5, 0.6) is 5.75 Å². The molecule has 0 aliphatic rings. The van der Waals surface area contributed by atoms with Crippen molar-refractivity contribution >= 4 is 11.9 Å². The molecular formula is C20H22F3NO5. The lowest BCUT2D eigenvalue weighted by molar-refractivity contribution is -0.192. The van der Waals surface area contributed by atoms with E-state index < -0.39 is 18.1 Å². The van der Waals surface area contributed by atoms with Crippen LogP contribution in [0.3, 0.4) is 0 Å². The summed E-state index contributed by atoms with van der Waals surface area (Å²) in [7, 11) is 0. The highest BCUT2D eigenvalue weighted by molar-refractivity contribution is 5.73. The van der Waals surface area contributed by atoms with Gasteiger partial charge >= 0.3 is 18.1 Å². The number of aliphatic carboxylic acids is 2. The van der Waals surface area contributed by atoms with E-state index in [-0.39, 0.29) is 6.42 Å². The van der Waals surface area contributed by atoms with Crippen molar-refractivity contribution in [2.75, 3.05) is 13.2 Å². The van der Waals surface area contributed by atoms with E-state index in [0.717, 1.165) is 17.7 Å². The van der Waals surface area contributed by atoms with Crippen LogP contribution in [0, 0.1) is 0 Å². The highest BCUT2D eigenvalue weighted by Crippen LogP contribution is 2.13. The Balaban J connectivity index is 0.000000516. The molecule has 0 bridgehead atoms. The predicted molar refractivity (Wildman–Crippen MR) is 99.7 cm³/mol. The van der Waals surface area contributed by atoms with Crippen molar-refractivity contribution in [1.29, 1.82) is 0 Å². The third kappa shape index (κ3) is 11.4. The van der Waals surface area contributed by atoms with Crippen molar-refractivity contribution in [2.24, 2.45) is 0 Å². The maximum atomic E-state index is 10.6. The molecule has 0 amide bonds. The molecule has 0 aliphatic heterocycles. The fraction of sp³-hybridized carbons (Fsp3) is 0.300. The van der Waals surface area contributed by atoms with E-state index in [1.807, 2.05) is 42.5 Å². The second-order valence-corrected chi connectivity index (χ2v) is 5.85. The Hall–Kier alpha value is -3.07. The van der Waals surface area contributed by atoms with Crippen LogP contribution in [0.1, 0.15) is 17.5 Å². The summed E-state index contributed by atoms with van der Waals surface area (Å²) in [6.07, 6.45) is -4.06. The SMILES string of the molecule is O=C(O)C(F)(F)F.O=C(O)CCNCc1ccc(OCCc2ccccc2)cc1. The minimum Gasteiger partial charge on any atom is -0.493 e. The maximum Gasteiger partial charge on any atom is 0.490 e. The summed E-state index contributed by atoms with van der Waals surface area (Å²) in [4.78, 5) is 19.3. The Morgan fingerprint density at radius 1 is 0.931 bits per heavy atom. The number of hydrogen-bond acceptors (Lipinski definition) is 4. The fourth-order valence-electron chi connectivity index (χ4n) is 2.06. The van der Waals surface area contributed by atoms with Crippen molar-refractivity contribution in [2.45, 2.75) is 25.6 Å². The number of carboxylic acids is 2. The van der Waals surface area contributed by atoms with Crippen LogP contribution >= 0.6 is 0 Å². The number of carboxylic acid groups (broad SMARTS) is 2. The number of hydrogen-bond donors (Lipinski definition) is 3. The molecule has 0 unspecified atom stereocenters. The van der Waals surface area contributed by atoms with Gasteiger partial charge in [0.05, 0.1) is 13.0 Å². The van der Waals surface area contributed by atoms with E-state index >= 15 is 0 Å². The third-order valence-corrected chi connectivity index (χ3v) is 3.51. The van der Waals surface area contributed by atoms with Gasteiger partial charge in [0.1, 0.15) is 5.75 Å². The summed E-state index contributed by atoms with van der Waals surface area (Å²) in [6.45, 7) is 1.79. The molecule has 2 aromatic rings. The molecule has 0 aromatic heterocycles. The number of benzene rings is 2. The molecule has 0 spiro atoms. The molecule has 0 atom stereocenters. The normalized spacial score (nSPS) is 10.6. The second-order valence-electron chi connectivity index (χ2n) is 5.85. The Morgan fingerprint density at radius 3 is 2.03 bits per heavy atom. The van der Waals surface area contributed by atoms with Crippen LogP contribution in [-0.2, 0) is 22.6 Å². The highest BCUT2D eigenvalue weighted by Gasteiger charge is 2.38. The van der Waals surface area contributed by atoms with Gasteiger partial charge in [0.2, 0.25) is 0 Å². The zero-order valence-corrected chi connectivity index (χ0v) is 15.5. The minimum atomic E-state index is -5.08. The number of carbonyl (C=O) groups is 2. The van der Waals surface area contributed by atoms with Gasteiger partial charge in [-0.2, -0.15) is 13.2 Å². The van der Waals surface area contributed by atoms with Gasteiger partial charge in [-0.1, -0.05) is 42.5 Å². The molecule has 0 heterocycles. The van der Waals surface area contributed by atoms with E-state index in [2.05, 4.69) is 17.4 Å². The molecule has 2 rings (SSSR count). The van der Waals surface area contributed by atoms with E-state index in [1.165, 1.54) is 5.56 Å². The largest absolute Gasteiger partial charge is 0.493 e. The highest BCUT2D eigenvalue weighted by atomic mass is 19.4. The van der Waals surface area contributed by atoms with E-state index in [9.17, 15) is 18.0 Å². The number of halogens is 3. The number of rotatable bonds is 9. The van der Waals surface area contributed by atoms with E-state index in [1.54, 1.807) is 0 Å². The van der Waals surface area contributed by atoms with Gasteiger partial charge in [-0.3, -0.25) is 4.79 Å². The van der Waals surface area contributed by atoms with Gasteiger partial charge in [0.15, 0.2) is 0 Å². The van der Waals surface area contributed by atoms with Crippen LogP contribution in [0.2, 0.25) is 0 Å². The average molecular weight is 413 g/mol. The molecule has 29 heavy (non-hydrogen) atoms. The lowest BCUT2D eigenvalue weighted by atomic mass is 10.2. The molecule has 0 radical (unpaired) electrons. The van der Waals surface area contributed by atoms with Gasteiger partial charge in [-0.25, -0.2) is 4.79 Å². The van der Waals surface area contributed by atoms with Gasteiger partial charge in [-0.15, -0.1) is 0 Å². The second kappa shape index (κ2) is 12.4. The first kappa shape index (κ1) is 24.0. The first-order chi connectivity index (χ1) is 13.7. The quantitative estimate of drug-likeness (QED) is 0.545. The third-order valence-electron chi connectivity index (χ3n) is 3.51. The van der Waals surface area contributed by atoms with Gasteiger partial charge in [-0.05, 0) is 23.3 Å². The Kier molecular flexibility index (Phi) is 10.2. The molecule has 9 heteroatoms. The Morgan fingerprint density at radius 2 is 1.52 bits per heavy atom. The molecule has 0 saturated heterocycles. The maximum absolute atomic E-state index is 10.6. The predicted octanol–water partition coefficient (Wildman–Crippen LogP) is 3.51. The van der Waals surface area contributed by atoms with Crippen molar-refractivity contribution < 1.29 is 37.7 Å². The summed E-state index contributed by atoms with van der Waals surface area (Å²) in [6, 6.07) is 18.1. The van der Waals surface area contributed by atoms with Gasteiger partial charge in [0.25, 0.3) is 0 Å². The summed E-state index contributed by atoms with van der Waals surface area (Å²) in [5.74, 6) is -2.69. The average Bonchev–Trinajstić information content (AvgIpc) is 2.67. The molecule has 158 valence electrons. The summed E-state index contributed by atoms with van der Waals surface area (Å²) in [5, 5.41) is 18.8. The molecule has 3 N–H and O–H groups in total. The van der Waals surface area contributed by atoms with Crippen LogP contribution in [0.15, 0.2) is 54.6 Å². The first-order valence-corrected chi connectivity index (χ1v) is 8.67. The lowest BCUT2D eigenvalue weighted by Gasteiger charge is -2.08. The molecule has 0 fully saturated rings. The lowest BCUT2D eigenvalue weighted by Crippen LogP contribution is -2.21. The Bertz CT molecular complexity index is 749. The smallest absolute Gasteiger partial charge is 0.490 e. The zero-order valence-electron chi connectivity index (χ0n) is 15.5. The van der Waals surface area contributed by atoms with Crippen molar-refractivity contribution in [3.8, 4) is 5.75 Å². The monoisotopic (exact) mass is 413 g/mol. The molecule has 6 nitrogen and oxygen atoms in total. The molecule has 2 aromatic carbocycles. The van der Waals surface area contributed by atoms with Crippen LogP contribution < -0.4 is 10.1 Å². The van der Waals surface area contributed by atoms with Crippen LogP contribution in [0.4, 0.5) is 13.2 Å². The van der Waals surface area contributed by atoms with E-state index in [4.69, 9.17) is 19.7 Å². The molecular weight excluding hydrogens is 391 g/mol. The minimum absolute atomic E-state index is 0.140. The van der Waals surface area contributed by atoms with Crippen molar-refractivity contribution in [3.63, 3.8) is 0 Å². The fourth-order valence-corrected chi connectivity index (χ4v) is 2.06. The number of ether oxygens (including phenoxy) is 1. The van der Waals surface area contributed by atoms with Gasteiger partial charge in [0, 0.05) is 19.5 Å².